The number of benzene rings is 3. The Bertz CT molecular complexity index is 1280. The molecule has 34 heavy (non-hydrogen) atoms. The van der Waals surface area contributed by atoms with Gasteiger partial charge in [0.25, 0.3) is 11.8 Å². The van der Waals surface area contributed by atoms with Crippen molar-refractivity contribution in [2.75, 3.05) is 11.7 Å². The minimum atomic E-state index is -0.975. The number of carbonyl (C=O) groups excluding carboxylic acids is 3. The lowest BCUT2D eigenvalue weighted by Crippen LogP contribution is -2.45. The Kier molecular flexibility index (Phi) is 5.89. The molecule has 0 unspecified atom stereocenters. The van der Waals surface area contributed by atoms with Gasteiger partial charge in [0.1, 0.15) is 6.04 Å². The monoisotopic (exact) mass is 496 g/mol. The van der Waals surface area contributed by atoms with Crippen molar-refractivity contribution in [1.29, 1.82) is 0 Å². The fourth-order valence-corrected chi connectivity index (χ4v) is 4.29. The smallest absolute Gasteiger partial charge is 0.257 e. The van der Waals surface area contributed by atoms with Crippen LogP contribution in [0.25, 0.3) is 0 Å². The number of carbonyl (C=O) groups is 3. The van der Waals surface area contributed by atoms with Crippen LogP contribution < -0.4 is 14.4 Å². The molecule has 1 atom stereocenters. The largest absolute Gasteiger partial charge is 0.454 e. The summed E-state index contributed by atoms with van der Waals surface area (Å²) in [4.78, 5) is 42.4. The van der Waals surface area contributed by atoms with Gasteiger partial charge in [0, 0.05) is 22.2 Å². The van der Waals surface area contributed by atoms with E-state index in [0.717, 1.165) is 10.5 Å². The molecule has 0 spiro atoms. The van der Waals surface area contributed by atoms with Gasteiger partial charge in [0.05, 0.1) is 12.1 Å². The lowest BCUT2D eigenvalue weighted by Gasteiger charge is -2.28. The zero-order valence-electron chi connectivity index (χ0n) is 17.7. The molecule has 0 bridgehead atoms. The van der Waals surface area contributed by atoms with E-state index < -0.39 is 23.8 Å². The Hall–Kier alpha value is -3.55. The topological polar surface area (TPSA) is 76.1 Å². The third kappa shape index (κ3) is 4.20. The highest BCUT2D eigenvalue weighted by Gasteiger charge is 2.44. The molecular formula is C25H18Cl2N2O5. The van der Waals surface area contributed by atoms with E-state index in [-0.39, 0.29) is 19.8 Å². The second-order valence-electron chi connectivity index (χ2n) is 7.89. The van der Waals surface area contributed by atoms with Crippen LogP contribution >= 0.6 is 23.2 Å². The van der Waals surface area contributed by atoms with E-state index >= 15 is 0 Å². The van der Waals surface area contributed by atoms with Gasteiger partial charge in [-0.2, -0.15) is 0 Å². The number of nitrogens with zero attached hydrogens (tertiary/aromatic N) is 2. The molecule has 3 aromatic carbocycles. The van der Waals surface area contributed by atoms with Crippen molar-refractivity contribution in [3.05, 3.63) is 87.9 Å². The molecule has 9 heteroatoms. The Morgan fingerprint density at radius 2 is 1.56 bits per heavy atom. The molecule has 2 aliphatic rings. The summed E-state index contributed by atoms with van der Waals surface area (Å²) < 4.78 is 10.8. The molecule has 0 aliphatic carbocycles. The lowest BCUT2D eigenvalue weighted by atomic mass is 10.1. The van der Waals surface area contributed by atoms with E-state index in [1.165, 1.54) is 4.90 Å². The fraction of sp³-hybridized carbons (Fsp3) is 0.160. The number of anilines is 1. The number of hydrogen-bond acceptors (Lipinski definition) is 5. The number of hydrogen-bond donors (Lipinski definition) is 0. The van der Waals surface area contributed by atoms with E-state index in [0.29, 0.717) is 32.8 Å². The summed E-state index contributed by atoms with van der Waals surface area (Å²) in [6.45, 7) is 0.216. The van der Waals surface area contributed by atoms with E-state index in [1.54, 1.807) is 66.7 Å². The molecule has 5 rings (SSSR count). The standard InChI is InChI=1S/C25H18Cl2N2O5/c26-17-4-2-16(3-5-17)24(31)28(13-15-1-10-21-22(11-15)34-14-33-21)20-12-23(30)29(25(20)32)19-8-6-18(27)7-9-19/h1-11,20H,12-14H2/t20-/m1/s1. The van der Waals surface area contributed by atoms with Crippen molar-refractivity contribution in [1.82, 2.24) is 4.90 Å². The van der Waals surface area contributed by atoms with Crippen molar-refractivity contribution in [2.24, 2.45) is 0 Å². The summed E-state index contributed by atoms with van der Waals surface area (Å²) in [6.07, 6.45) is -0.134. The molecule has 2 heterocycles. The van der Waals surface area contributed by atoms with Gasteiger partial charge in [-0.15, -0.1) is 0 Å². The molecule has 0 aromatic heterocycles. The maximum absolute atomic E-state index is 13.5. The molecule has 1 saturated heterocycles. The number of imide groups is 1. The van der Waals surface area contributed by atoms with Crippen LogP contribution in [0.2, 0.25) is 10.0 Å². The first-order valence-corrected chi connectivity index (χ1v) is 11.2. The number of amides is 3. The van der Waals surface area contributed by atoms with Crippen molar-refractivity contribution in [3.63, 3.8) is 0 Å². The molecule has 1 fully saturated rings. The molecule has 7 nitrogen and oxygen atoms in total. The van der Waals surface area contributed by atoms with Crippen molar-refractivity contribution < 1.29 is 23.9 Å². The summed E-state index contributed by atoms with van der Waals surface area (Å²) in [5.41, 5.74) is 1.50. The first-order chi connectivity index (χ1) is 16.4. The van der Waals surface area contributed by atoms with Crippen molar-refractivity contribution >= 4 is 46.6 Å². The van der Waals surface area contributed by atoms with Crippen LogP contribution in [0.1, 0.15) is 22.3 Å². The molecule has 3 amide bonds. The van der Waals surface area contributed by atoms with Gasteiger partial charge in [-0.05, 0) is 66.2 Å². The molecule has 0 saturated carbocycles. The third-order valence-corrected chi connectivity index (χ3v) is 6.23. The second kappa shape index (κ2) is 9.00. The summed E-state index contributed by atoms with van der Waals surface area (Å²) >= 11 is 11.9. The Balaban J connectivity index is 1.49. The van der Waals surface area contributed by atoms with Crippen molar-refractivity contribution in [3.8, 4) is 11.5 Å². The van der Waals surface area contributed by atoms with E-state index in [2.05, 4.69) is 0 Å². The summed E-state index contributed by atoms with van der Waals surface area (Å²) in [5, 5.41) is 0.974. The van der Waals surface area contributed by atoms with Crippen LogP contribution in [-0.2, 0) is 16.1 Å². The van der Waals surface area contributed by atoms with E-state index in [9.17, 15) is 14.4 Å². The number of fused-ring (bicyclic) bond motifs is 1. The molecule has 0 N–H and O–H groups in total. The number of halogens is 2. The van der Waals surface area contributed by atoms with Crippen LogP contribution in [0.5, 0.6) is 11.5 Å². The second-order valence-corrected chi connectivity index (χ2v) is 8.76. The summed E-state index contributed by atoms with van der Waals surface area (Å²) in [6, 6.07) is 17.2. The average Bonchev–Trinajstić information content (AvgIpc) is 3.41. The molecule has 172 valence electrons. The van der Waals surface area contributed by atoms with Crippen LogP contribution in [0.3, 0.4) is 0 Å². The zero-order chi connectivity index (χ0) is 23.8. The summed E-state index contributed by atoms with van der Waals surface area (Å²) in [5.74, 6) is -0.0842. The first-order valence-electron chi connectivity index (χ1n) is 10.5. The molecule has 3 aromatic rings. The average molecular weight is 497 g/mol. The van der Waals surface area contributed by atoms with Crippen molar-refractivity contribution in [2.45, 2.75) is 19.0 Å². The van der Waals surface area contributed by atoms with Crippen LogP contribution in [0.4, 0.5) is 5.69 Å². The van der Waals surface area contributed by atoms with Gasteiger partial charge >= 0.3 is 0 Å². The first kappa shape index (κ1) is 22.3. The predicted molar refractivity (Wildman–Crippen MR) is 126 cm³/mol. The van der Waals surface area contributed by atoms with E-state index in [1.807, 2.05) is 0 Å². The normalized spacial score (nSPS) is 16.8. The van der Waals surface area contributed by atoms with Gasteiger partial charge in [-0.25, -0.2) is 4.90 Å². The van der Waals surface area contributed by atoms with Gasteiger partial charge in [-0.3, -0.25) is 14.4 Å². The van der Waals surface area contributed by atoms with Gasteiger partial charge in [0.2, 0.25) is 12.7 Å². The highest BCUT2D eigenvalue weighted by Crippen LogP contribution is 2.34. The minimum absolute atomic E-state index is 0.0935. The van der Waals surface area contributed by atoms with Crippen LogP contribution in [0, 0.1) is 0 Å². The maximum Gasteiger partial charge on any atom is 0.257 e. The molecule has 2 aliphatic heterocycles. The summed E-state index contributed by atoms with van der Waals surface area (Å²) in [7, 11) is 0. The maximum atomic E-state index is 13.5. The molecular weight excluding hydrogens is 479 g/mol. The third-order valence-electron chi connectivity index (χ3n) is 5.73. The van der Waals surface area contributed by atoms with Gasteiger partial charge < -0.3 is 14.4 Å². The predicted octanol–water partition coefficient (Wildman–Crippen LogP) is 4.70. The highest BCUT2D eigenvalue weighted by molar-refractivity contribution is 6.31. The minimum Gasteiger partial charge on any atom is -0.454 e. The fourth-order valence-electron chi connectivity index (χ4n) is 4.04. The molecule has 0 radical (unpaired) electrons. The lowest BCUT2D eigenvalue weighted by molar-refractivity contribution is -0.122. The zero-order valence-corrected chi connectivity index (χ0v) is 19.3. The Morgan fingerprint density at radius 1 is 0.912 bits per heavy atom. The van der Waals surface area contributed by atoms with Crippen LogP contribution in [-0.4, -0.2) is 35.5 Å². The quantitative estimate of drug-likeness (QED) is 0.478. The Labute approximate surface area is 205 Å². The van der Waals surface area contributed by atoms with Gasteiger partial charge in [-0.1, -0.05) is 29.3 Å². The number of ether oxygens (including phenoxy) is 2. The van der Waals surface area contributed by atoms with Gasteiger partial charge in [0.15, 0.2) is 11.5 Å². The SMILES string of the molecule is O=C1C[C@@H](N(Cc2ccc3c(c2)OCO3)C(=O)c2ccc(Cl)cc2)C(=O)N1c1ccc(Cl)cc1. The number of rotatable bonds is 5. The van der Waals surface area contributed by atoms with Crippen LogP contribution in [0.15, 0.2) is 66.7 Å². The highest BCUT2D eigenvalue weighted by atomic mass is 35.5. The van der Waals surface area contributed by atoms with E-state index in [4.69, 9.17) is 32.7 Å². The Morgan fingerprint density at radius 3 is 2.26 bits per heavy atom.